The van der Waals surface area contributed by atoms with E-state index in [2.05, 4.69) is 55.4 Å². The van der Waals surface area contributed by atoms with Crippen LogP contribution in [-0.4, -0.2) is 0 Å². The topological polar surface area (TPSA) is 0 Å². The van der Waals surface area contributed by atoms with Gasteiger partial charge < -0.3 is 0 Å². The van der Waals surface area contributed by atoms with Crippen molar-refractivity contribution >= 4 is 0 Å². The van der Waals surface area contributed by atoms with Crippen LogP contribution < -0.4 is 0 Å². The molecule has 0 aromatic heterocycles. The van der Waals surface area contributed by atoms with Crippen LogP contribution in [-0.2, 0) is 0 Å². The van der Waals surface area contributed by atoms with Gasteiger partial charge in [-0.2, -0.15) is 0 Å². The van der Waals surface area contributed by atoms with E-state index >= 15 is 0 Å². The van der Waals surface area contributed by atoms with Crippen LogP contribution in [0.4, 0.5) is 0 Å². The highest BCUT2D eigenvalue weighted by molar-refractivity contribution is 4.99. The molecular weight excluding hydrogens is 228 g/mol. The van der Waals surface area contributed by atoms with E-state index in [1.807, 2.05) is 0 Å². The van der Waals surface area contributed by atoms with Crippen LogP contribution in [0.3, 0.4) is 0 Å². The first-order valence-electron chi connectivity index (χ1n) is 8.73. The summed E-state index contributed by atoms with van der Waals surface area (Å²) in [5.74, 6) is 5.53. The summed E-state index contributed by atoms with van der Waals surface area (Å²) in [5.41, 5.74) is 0.559. The first-order valence-corrected chi connectivity index (χ1v) is 8.73. The summed E-state index contributed by atoms with van der Waals surface area (Å²) in [6.07, 6.45) is 5.58. The number of rotatable bonds is 8. The lowest BCUT2D eigenvalue weighted by Crippen LogP contribution is -2.30. The fourth-order valence-electron chi connectivity index (χ4n) is 4.15. The largest absolute Gasteiger partial charge is 0.0651 e. The summed E-state index contributed by atoms with van der Waals surface area (Å²) < 4.78 is 0. The molecule has 1 rings (SSSR count). The van der Waals surface area contributed by atoms with Crippen LogP contribution in [0.25, 0.3) is 0 Å². The molecule has 0 amide bonds. The maximum atomic E-state index is 2.59. The molecule has 0 aromatic carbocycles. The minimum absolute atomic E-state index is 0.559. The molecule has 0 radical (unpaired) electrons. The minimum atomic E-state index is 0.559. The summed E-state index contributed by atoms with van der Waals surface area (Å²) >= 11 is 0. The van der Waals surface area contributed by atoms with Crippen LogP contribution in [0.5, 0.6) is 0 Å². The second-order valence-electron chi connectivity index (χ2n) is 8.39. The van der Waals surface area contributed by atoms with Crippen molar-refractivity contribution in [3.8, 4) is 0 Å². The average Bonchev–Trinajstić information content (AvgIpc) is 2.93. The summed E-state index contributed by atoms with van der Waals surface area (Å²) in [7, 11) is 0. The second kappa shape index (κ2) is 6.64. The quantitative estimate of drug-likeness (QED) is 0.476. The van der Waals surface area contributed by atoms with E-state index in [9.17, 15) is 0 Å². The van der Waals surface area contributed by atoms with Gasteiger partial charge in [0.1, 0.15) is 0 Å². The molecule has 0 heterocycles. The molecule has 1 aliphatic rings. The molecule has 0 nitrogen and oxygen atoms in total. The monoisotopic (exact) mass is 266 g/mol. The molecule has 1 saturated carbocycles. The van der Waals surface area contributed by atoms with Gasteiger partial charge in [-0.1, -0.05) is 68.2 Å². The Bertz CT molecular complexity index is 259. The molecule has 1 aliphatic carbocycles. The molecule has 0 aromatic rings. The zero-order valence-electron chi connectivity index (χ0n) is 14.8. The van der Waals surface area contributed by atoms with E-state index in [1.54, 1.807) is 0 Å². The zero-order valence-corrected chi connectivity index (χ0v) is 14.8. The highest BCUT2D eigenvalue weighted by atomic mass is 14.6. The van der Waals surface area contributed by atoms with E-state index in [0.717, 1.165) is 35.5 Å². The summed E-state index contributed by atoms with van der Waals surface area (Å²) in [6, 6.07) is 0. The van der Waals surface area contributed by atoms with Gasteiger partial charge in [0.05, 0.1) is 0 Å². The average molecular weight is 267 g/mol. The second-order valence-corrected chi connectivity index (χ2v) is 8.39. The Kier molecular flexibility index (Phi) is 5.96. The maximum Gasteiger partial charge on any atom is -0.0295 e. The Morgan fingerprint density at radius 1 is 1.00 bits per heavy atom. The van der Waals surface area contributed by atoms with E-state index in [1.165, 1.54) is 25.7 Å². The smallest absolute Gasteiger partial charge is 0.0295 e. The van der Waals surface area contributed by atoms with E-state index < -0.39 is 0 Å². The van der Waals surface area contributed by atoms with Gasteiger partial charge in [0.25, 0.3) is 0 Å². The van der Waals surface area contributed by atoms with Crippen molar-refractivity contribution in [1.82, 2.24) is 0 Å². The highest BCUT2D eigenvalue weighted by Gasteiger charge is 2.51. The number of hydrogen-bond acceptors (Lipinski definition) is 0. The van der Waals surface area contributed by atoms with E-state index in [0.29, 0.717) is 5.41 Å². The maximum absolute atomic E-state index is 2.59. The van der Waals surface area contributed by atoms with Crippen molar-refractivity contribution in [1.29, 1.82) is 0 Å². The molecule has 0 N–H and O–H groups in total. The normalized spacial score (nSPS) is 33.0. The number of hydrogen-bond donors (Lipinski definition) is 0. The molecule has 0 heteroatoms. The Morgan fingerprint density at radius 2 is 1.53 bits per heavy atom. The van der Waals surface area contributed by atoms with Crippen LogP contribution in [0.1, 0.15) is 81.1 Å². The van der Waals surface area contributed by atoms with Crippen molar-refractivity contribution < 1.29 is 0 Å². The molecule has 0 bridgehead atoms. The first-order chi connectivity index (χ1) is 8.73. The Hall–Kier alpha value is 0. The van der Waals surface area contributed by atoms with Gasteiger partial charge in [0.2, 0.25) is 0 Å². The predicted octanol–water partition coefficient (Wildman–Crippen LogP) is 6.40. The third kappa shape index (κ3) is 4.23. The third-order valence-corrected chi connectivity index (χ3v) is 6.38. The van der Waals surface area contributed by atoms with Gasteiger partial charge >= 0.3 is 0 Å². The Morgan fingerprint density at radius 3 is 1.89 bits per heavy atom. The fourth-order valence-corrected chi connectivity index (χ4v) is 4.15. The van der Waals surface area contributed by atoms with Crippen LogP contribution >= 0.6 is 0 Å². The van der Waals surface area contributed by atoms with Gasteiger partial charge in [0, 0.05) is 0 Å². The molecule has 0 spiro atoms. The van der Waals surface area contributed by atoms with Crippen molar-refractivity contribution in [3.05, 3.63) is 0 Å². The lowest BCUT2D eigenvalue weighted by atomic mass is 9.66. The summed E-state index contributed by atoms with van der Waals surface area (Å²) in [5, 5.41) is 0. The lowest BCUT2D eigenvalue weighted by Gasteiger charge is -2.39. The van der Waals surface area contributed by atoms with Gasteiger partial charge in [-0.3, -0.25) is 0 Å². The van der Waals surface area contributed by atoms with Gasteiger partial charge in [-0.05, 0) is 53.8 Å². The van der Waals surface area contributed by atoms with Crippen molar-refractivity contribution in [3.63, 3.8) is 0 Å². The molecular formula is C19H38. The van der Waals surface area contributed by atoms with Crippen LogP contribution in [0, 0.1) is 40.9 Å². The van der Waals surface area contributed by atoms with Crippen molar-refractivity contribution in [2.75, 3.05) is 0 Å². The third-order valence-electron chi connectivity index (χ3n) is 6.38. The first kappa shape index (κ1) is 17.1. The zero-order chi connectivity index (χ0) is 14.8. The molecule has 5 atom stereocenters. The van der Waals surface area contributed by atoms with Crippen molar-refractivity contribution in [2.24, 2.45) is 40.9 Å². The Labute approximate surface area is 122 Å². The molecule has 19 heavy (non-hydrogen) atoms. The van der Waals surface area contributed by atoms with Crippen LogP contribution in [0.2, 0.25) is 0 Å². The van der Waals surface area contributed by atoms with Gasteiger partial charge in [0.15, 0.2) is 0 Å². The lowest BCUT2D eigenvalue weighted by molar-refractivity contribution is 0.106. The minimum Gasteiger partial charge on any atom is -0.0651 e. The molecule has 0 aliphatic heterocycles. The molecule has 114 valence electrons. The predicted molar refractivity (Wildman–Crippen MR) is 87.2 cm³/mol. The van der Waals surface area contributed by atoms with Gasteiger partial charge in [-0.25, -0.2) is 0 Å². The van der Waals surface area contributed by atoms with Crippen LogP contribution in [0.15, 0.2) is 0 Å². The Balaban J connectivity index is 2.72. The van der Waals surface area contributed by atoms with E-state index in [4.69, 9.17) is 0 Å². The van der Waals surface area contributed by atoms with E-state index in [-0.39, 0.29) is 0 Å². The summed E-state index contributed by atoms with van der Waals surface area (Å²) in [6.45, 7) is 19.6. The SMILES string of the molecule is CCC(C)CC(C)(CCC(C)C)C(C)C1C(C)C1C. The standard InChI is InChI=1S/C19H38/c1-9-14(4)12-19(8,11-10-13(2)3)17(7)18-15(5)16(18)6/h13-18H,9-12H2,1-8H3. The summed E-state index contributed by atoms with van der Waals surface area (Å²) in [4.78, 5) is 0. The molecule has 1 fully saturated rings. The highest BCUT2D eigenvalue weighted by Crippen LogP contribution is 2.57. The molecule has 5 unspecified atom stereocenters. The molecule has 0 saturated heterocycles. The van der Waals surface area contributed by atoms with Gasteiger partial charge in [-0.15, -0.1) is 0 Å². The fraction of sp³-hybridized carbons (Fsp3) is 1.00. The van der Waals surface area contributed by atoms with Crippen molar-refractivity contribution in [2.45, 2.75) is 81.1 Å².